The topological polar surface area (TPSA) is 57.2 Å². The molecule has 2 aromatic carbocycles. The van der Waals surface area contributed by atoms with Gasteiger partial charge in [-0.1, -0.05) is 41.9 Å². The maximum absolute atomic E-state index is 11.5. The van der Waals surface area contributed by atoms with Crippen molar-refractivity contribution in [3.05, 3.63) is 70.9 Å². The molecule has 1 atom stereocenters. The smallest absolute Gasteiger partial charge is 0.341 e. The summed E-state index contributed by atoms with van der Waals surface area (Å²) in [5.74, 6) is -0.633. The van der Waals surface area contributed by atoms with Gasteiger partial charge in [-0.2, -0.15) is 0 Å². The molecule has 0 radical (unpaired) electrons. The van der Waals surface area contributed by atoms with E-state index in [1.807, 2.05) is 54.7 Å². The van der Waals surface area contributed by atoms with E-state index in [1.54, 1.807) is 0 Å². The molecule has 0 aliphatic carbocycles. The lowest BCUT2D eigenvalue weighted by atomic mass is 10.1. The Morgan fingerprint density at radius 3 is 2.58 bits per heavy atom. The molecule has 0 fully saturated rings. The average Bonchev–Trinajstić information content (AvgIpc) is 2.94. The third kappa shape index (κ3) is 3.56. The SMILES string of the molecule is N[C@@H](Cc1cn(Cc2ccc(Cl)cc2)c2ccccc12)C(=O)OCl. The number of nitrogens with two attached hydrogens (primary N) is 1. The number of hydrogen-bond donors (Lipinski definition) is 1. The number of hydrogen-bond acceptors (Lipinski definition) is 3. The maximum atomic E-state index is 11.5. The van der Waals surface area contributed by atoms with Crippen molar-refractivity contribution < 1.29 is 9.08 Å². The van der Waals surface area contributed by atoms with Gasteiger partial charge in [-0.25, -0.2) is 4.79 Å². The third-order valence-electron chi connectivity index (χ3n) is 3.96. The fraction of sp³-hybridized carbons (Fsp3) is 0.167. The van der Waals surface area contributed by atoms with Crippen LogP contribution in [0.1, 0.15) is 11.1 Å². The van der Waals surface area contributed by atoms with Gasteiger partial charge in [0.2, 0.25) is 0 Å². The van der Waals surface area contributed by atoms with Crippen LogP contribution in [-0.4, -0.2) is 16.6 Å². The zero-order valence-electron chi connectivity index (χ0n) is 12.8. The monoisotopic (exact) mass is 362 g/mol. The van der Waals surface area contributed by atoms with Gasteiger partial charge < -0.3 is 14.6 Å². The van der Waals surface area contributed by atoms with Gasteiger partial charge in [0, 0.05) is 35.1 Å². The maximum Gasteiger partial charge on any atom is 0.341 e. The largest absolute Gasteiger partial charge is 0.346 e. The number of halogens is 2. The first kappa shape index (κ1) is 16.8. The molecule has 4 nitrogen and oxygen atoms in total. The van der Waals surface area contributed by atoms with E-state index in [0.717, 1.165) is 22.0 Å². The van der Waals surface area contributed by atoms with Crippen LogP contribution in [-0.2, 0) is 22.0 Å². The first-order valence-corrected chi connectivity index (χ1v) is 8.16. The summed E-state index contributed by atoms with van der Waals surface area (Å²) >= 11 is 11.1. The highest BCUT2D eigenvalue weighted by atomic mass is 35.5. The predicted molar refractivity (Wildman–Crippen MR) is 96.1 cm³/mol. The van der Waals surface area contributed by atoms with E-state index in [2.05, 4.69) is 8.86 Å². The lowest BCUT2D eigenvalue weighted by molar-refractivity contribution is -0.135. The van der Waals surface area contributed by atoms with E-state index in [-0.39, 0.29) is 0 Å². The summed E-state index contributed by atoms with van der Waals surface area (Å²) in [6.45, 7) is 0.701. The summed E-state index contributed by atoms with van der Waals surface area (Å²) in [4.78, 5) is 11.5. The van der Waals surface area contributed by atoms with E-state index in [4.69, 9.17) is 29.2 Å². The van der Waals surface area contributed by atoms with Gasteiger partial charge in [0.05, 0.1) is 0 Å². The van der Waals surface area contributed by atoms with E-state index >= 15 is 0 Å². The van der Waals surface area contributed by atoms with Gasteiger partial charge in [0.15, 0.2) is 0 Å². The number of carbonyl (C=O) groups is 1. The number of aromatic nitrogens is 1. The van der Waals surface area contributed by atoms with E-state index < -0.39 is 12.0 Å². The van der Waals surface area contributed by atoms with Gasteiger partial charge in [-0.3, -0.25) is 0 Å². The minimum Gasteiger partial charge on any atom is -0.346 e. The number of carbonyl (C=O) groups excluding carboxylic acids is 1. The third-order valence-corrected chi connectivity index (χ3v) is 4.36. The Labute approximate surface area is 149 Å². The molecule has 3 aromatic rings. The molecule has 2 N–H and O–H groups in total. The molecule has 3 rings (SSSR count). The molecule has 1 aromatic heterocycles. The minimum atomic E-state index is -0.794. The second-order valence-corrected chi connectivity index (χ2v) is 6.22. The lowest BCUT2D eigenvalue weighted by Crippen LogP contribution is -2.32. The van der Waals surface area contributed by atoms with Gasteiger partial charge in [-0.15, -0.1) is 0 Å². The van der Waals surface area contributed by atoms with Crippen molar-refractivity contribution in [1.82, 2.24) is 4.57 Å². The molecular weight excluding hydrogens is 347 g/mol. The second-order valence-electron chi connectivity index (χ2n) is 5.63. The Balaban J connectivity index is 1.94. The van der Waals surface area contributed by atoms with Crippen molar-refractivity contribution in [3.63, 3.8) is 0 Å². The van der Waals surface area contributed by atoms with Crippen LogP contribution in [0.3, 0.4) is 0 Å². The summed E-state index contributed by atoms with van der Waals surface area (Å²) in [7, 11) is 0. The van der Waals surface area contributed by atoms with Crippen LogP contribution in [0.15, 0.2) is 54.7 Å². The second kappa shape index (κ2) is 7.26. The lowest BCUT2D eigenvalue weighted by Gasteiger charge is -2.06. The number of para-hydroxylation sites is 1. The van der Waals surface area contributed by atoms with Crippen LogP contribution >= 0.6 is 23.5 Å². The molecule has 24 heavy (non-hydrogen) atoms. The number of fused-ring (bicyclic) bond motifs is 1. The fourth-order valence-corrected chi connectivity index (χ4v) is 3.02. The summed E-state index contributed by atoms with van der Waals surface area (Å²) in [5.41, 5.74) is 9.04. The van der Waals surface area contributed by atoms with E-state index in [1.165, 1.54) is 0 Å². The molecule has 0 bridgehead atoms. The number of nitrogens with zero attached hydrogens (tertiary/aromatic N) is 1. The Kier molecular flexibility index (Phi) is 5.09. The molecule has 0 spiro atoms. The van der Waals surface area contributed by atoms with Gasteiger partial charge in [-0.05, 0) is 29.3 Å². The van der Waals surface area contributed by atoms with Crippen molar-refractivity contribution in [2.45, 2.75) is 19.0 Å². The quantitative estimate of drug-likeness (QED) is 0.748. The average molecular weight is 363 g/mol. The zero-order chi connectivity index (χ0) is 17.1. The standard InChI is InChI=1S/C18H16Cl2N2O2/c19-14-7-5-12(6-8-14)10-22-11-13(9-16(21)18(23)24-20)15-3-1-2-4-17(15)22/h1-8,11,16H,9-10,21H2/t16-/m0/s1. The summed E-state index contributed by atoms with van der Waals surface area (Å²) in [6.07, 6.45) is 2.38. The molecule has 0 unspecified atom stereocenters. The molecule has 0 amide bonds. The first-order chi connectivity index (χ1) is 11.6. The van der Waals surface area contributed by atoms with E-state index in [9.17, 15) is 4.79 Å². The minimum absolute atomic E-state index is 0.361. The molecule has 0 aliphatic rings. The zero-order valence-corrected chi connectivity index (χ0v) is 14.3. The van der Waals surface area contributed by atoms with Crippen LogP contribution in [0.2, 0.25) is 5.02 Å². The summed E-state index contributed by atoms with van der Waals surface area (Å²) < 4.78 is 6.33. The van der Waals surface area contributed by atoms with E-state index in [0.29, 0.717) is 18.0 Å². The van der Waals surface area contributed by atoms with Crippen molar-refractivity contribution in [1.29, 1.82) is 0 Å². The van der Waals surface area contributed by atoms with Crippen molar-refractivity contribution >= 4 is 40.3 Å². The Morgan fingerprint density at radius 2 is 1.88 bits per heavy atom. The Bertz CT molecular complexity index is 859. The fourth-order valence-electron chi connectivity index (χ4n) is 2.78. The van der Waals surface area contributed by atoms with Crippen LogP contribution in [0.4, 0.5) is 0 Å². The van der Waals surface area contributed by atoms with Crippen LogP contribution < -0.4 is 5.73 Å². The Hall–Kier alpha value is -2.01. The molecule has 1 heterocycles. The highest BCUT2D eigenvalue weighted by Crippen LogP contribution is 2.24. The van der Waals surface area contributed by atoms with Crippen molar-refractivity contribution in [2.75, 3.05) is 0 Å². The molecule has 124 valence electrons. The normalized spacial score (nSPS) is 12.3. The number of benzene rings is 2. The molecular formula is C18H16Cl2N2O2. The molecule has 0 saturated carbocycles. The van der Waals surface area contributed by atoms with Crippen LogP contribution in [0.5, 0.6) is 0 Å². The highest BCUT2D eigenvalue weighted by Gasteiger charge is 2.18. The Morgan fingerprint density at radius 1 is 1.17 bits per heavy atom. The van der Waals surface area contributed by atoms with Crippen molar-refractivity contribution in [2.24, 2.45) is 5.73 Å². The molecule has 6 heteroatoms. The first-order valence-electron chi connectivity index (χ1n) is 7.47. The van der Waals surface area contributed by atoms with Gasteiger partial charge >= 0.3 is 5.97 Å². The molecule has 0 aliphatic heterocycles. The van der Waals surface area contributed by atoms with Crippen LogP contribution in [0.25, 0.3) is 10.9 Å². The predicted octanol–water partition coefficient (Wildman–Crippen LogP) is 3.91. The summed E-state index contributed by atoms with van der Waals surface area (Å²) in [6, 6.07) is 14.9. The van der Waals surface area contributed by atoms with Gasteiger partial charge in [0.25, 0.3) is 0 Å². The summed E-state index contributed by atoms with van der Waals surface area (Å²) in [5, 5.41) is 1.77. The van der Waals surface area contributed by atoms with Gasteiger partial charge in [0.1, 0.15) is 17.9 Å². The van der Waals surface area contributed by atoms with Crippen LogP contribution in [0, 0.1) is 0 Å². The van der Waals surface area contributed by atoms with Crippen molar-refractivity contribution in [3.8, 4) is 0 Å². The molecule has 0 saturated heterocycles. The number of rotatable bonds is 5. The highest BCUT2D eigenvalue weighted by molar-refractivity contribution is 6.30.